The van der Waals surface area contributed by atoms with Crippen molar-refractivity contribution in [1.29, 1.82) is 0 Å². The second-order valence-corrected chi connectivity index (χ2v) is 6.92. The quantitative estimate of drug-likeness (QED) is 0.633. The Bertz CT molecular complexity index is 946. The highest BCUT2D eigenvalue weighted by molar-refractivity contribution is 5.83. The highest BCUT2D eigenvalue weighted by Crippen LogP contribution is 2.46. The van der Waals surface area contributed by atoms with Crippen LogP contribution in [-0.2, 0) is 0 Å². The molecule has 1 aliphatic heterocycles. The van der Waals surface area contributed by atoms with Crippen LogP contribution in [0.1, 0.15) is 18.0 Å². The SMILES string of the molecule is CNCCC(c1ccccc1)N1CN(c2ccccc2F)c2cccc(F)c21. The topological polar surface area (TPSA) is 18.5 Å². The number of halogens is 2. The van der Waals surface area contributed by atoms with Crippen LogP contribution >= 0.6 is 0 Å². The highest BCUT2D eigenvalue weighted by atomic mass is 19.1. The summed E-state index contributed by atoms with van der Waals surface area (Å²) in [5.74, 6) is -0.604. The molecular weight excluding hydrogens is 356 g/mol. The third-order valence-corrected chi connectivity index (χ3v) is 5.21. The first-order valence-corrected chi connectivity index (χ1v) is 9.47. The molecule has 0 fully saturated rings. The molecule has 0 bridgehead atoms. The van der Waals surface area contributed by atoms with Gasteiger partial charge in [0.15, 0.2) is 0 Å². The van der Waals surface area contributed by atoms with Crippen molar-refractivity contribution in [3.05, 3.63) is 90.0 Å². The third-order valence-electron chi connectivity index (χ3n) is 5.21. The summed E-state index contributed by atoms with van der Waals surface area (Å²) < 4.78 is 29.5. The van der Waals surface area contributed by atoms with Crippen LogP contribution in [0.3, 0.4) is 0 Å². The highest BCUT2D eigenvalue weighted by Gasteiger charge is 2.35. The summed E-state index contributed by atoms with van der Waals surface area (Å²) in [5.41, 5.74) is 2.78. The van der Waals surface area contributed by atoms with Gasteiger partial charge in [0.25, 0.3) is 0 Å². The smallest absolute Gasteiger partial charge is 0.148 e. The normalized spacial score (nSPS) is 14.2. The van der Waals surface area contributed by atoms with Gasteiger partial charge in [0.2, 0.25) is 0 Å². The Kier molecular flexibility index (Phi) is 5.26. The van der Waals surface area contributed by atoms with E-state index in [4.69, 9.17) is 0 Å². The van der Waals surface area contributed by atoms with Crippen LogP contribution in [0.25, 0.3) is 0 Å². The van der Waals surface area contributed by atoms with Crippen molar-refractivity contribution in [1.82, 2.24) is 5.32 Å². The molecule has 28 heavy (non-hydrogen) atoms. The molecule has 0 aromatic heterocycles. The fourth-order valence-electron chi connectivity index (χ4n) is 3.90. The number of para-hydroxylation sites is 2. The molecule has 0 spiro atoms. The van der Waals surface area contributed by atoms with E-state index in [0.29, 0.717) is 23.7 Å². The van der Waals surface area contributed by atoms with Gasteiger partial charge in [-0.25, -0.2) is 8.78 Å². The van der Waals surface area contributed by atoms with Gasteiger partial charge in [0, 0.05) is 0 Å². The number of anilines is 3. The molecule has 0 saturated heterocycles. The van der Waals surface area contributed by atoms with Crippen molar-refractivity contribution in [2.45, 2.75) is 12.5 Å². The van der Waals surface area contributed by atoms with Crippen molar-refractivity contribution in [3.8, 4) is 0 Å². The fourth-order valence-corrected chi connectivity index (χ4v) is 3.90. The molecule has 144 valence electrons. The Morgan fingerprint density at radius 1 is 0.857 bits per heavy atom. The van der Waals surface area contributed by atoms with Gasteiger partial charge in [0.1, 0.15) is 11.6 Å². The van der Waals surface area contributed by atoms with Crippen molar-refractivity contribution in [3.63, 3.8) is 0 Å². The molecule has 1 atom stereocenters. The summed E-state index contributed by atoms with van der Waals surface area (Å²) >= 11 is 0. The minimum atomic E-state index is -0.314. The van der Waals surface area contributed by atoms with Crippen molar-refractivity contribution >= 4 is 17.1 Å². The van der Waals surface area contributed by atoms with E-state index < -0.39 is 0 Å². The molecule has 1 unspecified atom stereocenters. The van der Waals surface area contributed by atoms with Crippen LogP contribution in [0.2, 0.25) is 0 Å². The maximum absolute atomic E-state index is 15.0. The number of fused-ring (bicyclic) bond motifs is 1. The van der Waals surface area contributed by atoms with Crippen LogP contribution in [0, 0.1) is 11.6 Å². The summed E-state index contributed by atoms with van der Waals surface area (Å²) in [4.78, 5) is 3.90. The number of benzene rings is 3. The van der Waals surface area contributed by atoms with Crippen LogP contribution in [0.4, 0.5) is 25.8 Å². The Labute approximate surface area is 164 Å². The number of rotatable bonds is 6. The molecule has 1 aliphatic rings. The molecule has 3 aromatic carbocycles. The second-order valence-electron chi connectivity index (χ2n) is 6.92. The minimum Gasteiger partial charge on any atom is -0.342 e. The lowest BCUT2D eigenvalue weighted by atomic mass is 10.0. The maximum atomic E-state index is 15.0. The molecule has 4 rings (SSSR count). The van der Waals surface area contributed by atoms with Crippen LogP contribution in [0.15, 0.2) is 72.8 Å². The summed E-state index contributed by atoms with van der Waals surface area (Å²) in [7, 11) is 1.91. The van der Waals surface area contributed by atoms with E-state index in [1.54, 1.807) is 24.3 Å². The molecule has 3 aromatic rings. The lowest BCUT2D eigenvalue weighted by Gasteiger charge is -2.31. The monoisotopic (exact) mass is 379 g/mol. The second kappa shape index (κ2) is 7.98. The minimum absolute atomic E-state index is 0.0268. The summed E-state index contributed by atoms with van der Waals surface area (Å²) in [6.45, 7) is 1.18. The van der Waals surface area contributed by atoms with E-state index in [9.17, 15) is 8.78 Å². The molecule has 1 heterocycles. The average molecular weight is 379 g/mol. The van der Waals surface area contributed by atoms with E-state index in [1.165, 1.54) is 12.1 Å². The molecule has 0 saturated carbocycles. The third kappa shape index (κ3) is 3.34. The van der Waals surface area contributed by atoms with Gasteiger partial charge in [0.05, 0.1) is 29.8 Å². The molecule has 0 radical (unpaired) electrons. The number of hydrogen-bond donors (Lipinski definition) is 1. The zero-order valence-electron chi connectivity index (χ0n) is 15.8. The summed E-state index contributed by atoms with van der Waals surface area (Å²) in [6, 6.07) is 21.7. The van der Waals surface area contributed by atoms with Crippen molar-refractivity contribution in [2.24, 2.45) is 0 Å². The summed E-state index contributed by atoms with van der Waals surface area (Å²) in [6.07, 6.45) is 0.805. The first-order chi connectivity index (χ1) is 13.7. The summed E-state index contributed by atoms with van der Waals surface area (Å²) in [5, 5.41) is 3.19. The van der Waals surface area contributed by atoms with Crippen LogP contribution < -0.4 is 15.1 Å². The van der Waals surface area contributed by atoms with E-state index >= 15 is 0 Å². The average Bonchev–Trinajstić information content (AvgIpc) is 3.10. The largest absolute Gasteiger partial charge is 0.342 e. The molecule has 5 heteroatoms. The Balaban J connectivity index is 1.80. The fraction of sp³-hybridized carbons (Fsp3) is 0.217. The maximum Gasteiger partial charge on any atom is 0.148 e. The molecule has 3 nitrogen and oxygen atoms in total. The molecule has 0 aliphatic carbocycles. The van der Waals surface area contributed by atoms with Crippen LogP contribution in [0.5, 0.6) is 0 Å². The predicted molar refractivity (Wildman–Crippen MR) is 110 cm³/mol. The Morgan fingerprint density at radius 2 is 1.54 bits per heavy atom. The molecule has 1 N–H and O–H groups in total. The number of nitrogens with zero attached hydrogens (tertiary/aromatic N) is 2. The molecular formula is C23H23F2N3. The Hall–Kier alpha value is -2.92. The van der Waals surface area contributed by atoms with Gasteiger partial charge in [-0.15, -0.1) is 0 Å². The van der Waals surface area contributed by atoms with Gasteiger partial charge < -0.3 is 15.1 Å². The lowest BCUT2D eigenvalue weighted by molar-refractivity contribution is 0.552. The zero-order chi connectivity index (χ0) is 19.5. The van der Waals surface area contributed by atoms with E-state index in [-0.39, 0.29) is 17.7 Å². The zero-order valence-corrected chi connectivity index (χ0v) is 15.8. The van der Waals surface area contributed by atoms with E-state index in [2.05, 4.69) is 17.4 Å². The number of hydrogen-bond acceptors (Lipinski definition) is 3. The predicted octanol–water partition coefficient (Wildman–Crippen LogP) is 5.23. The van der Waals surface area contributed by atoms with Gasteiger partial charge in [-0.3, -0.25) is 0 Å². The first-order valence-electron chi connectivity index (χ1n) is 9.47. The van der Waals surface area contributed by atoms with Crippen LogP contribution in [-0.4, -0.2) is 20.3 Å². The first kappa shape index (κ1) is 18.4. The van der Waals surface area contributed by atoms with Gasteiger partial charge in [-0.1, -0.05) is 48.5 Å². The lowest BCUT2D eigenvalue weighted by Crippen LogP contribution is -2.34. The van der Waals surface area contributed by atoms with Gasteiger partial charge >= 0.3 is 0 Å². The van der Waals surface area contributed by atoms with Gasteiger partial charge in [-0.05, 0) is 49.8 Å². The standard InChI is InChI=1S/C23H23F2N3/c1-26-15-14-20(17-8-3-2-4-9-17)28-16-27(21-12-6-5-10-18(21)24)22-13-7-11-19(25)23(22)28/h2-13,20,26H,14-16H2,1H3. The van der Waals surface area contributed by atoms with E-state index in [1.807, 2.05) is 41.1 Å². The van der Waals surface area contributed by atoms with Gasteiger partial charge in [-0.2, -0.15) is 0 Å². The van der Waals surface area contributed by atoms with Crippen molar-refractivity contribution < 1.29 is 8.78 Å². The van der Waals surface area contributed by atoms with E-state index in [0.717, 1.165) is 18.5 Å². The number of nitrogens with one attached hydrogen (secondary N) is 1. The van der Waals surface area contributed by atoms with Crippen molar-refractivity contribution in [2.75, 3.05) is 30.1 Å². The molecule has 0 amide bonds. The Morgan fingerprint density at radius 3 is 2.29 bits per heavy atom.